The van der Waals surface area contributed by atoms with E-state index < -0.39 is 22.5 Å². The quantitative estimate of drug-likeness (QED) is 0.525. The van der Waals surface area contributed by atoms with Gasteiger partial charge in [0.15, 0.2) is 0 Å². The Morgan fingerprint density at radius 3 is 2.54 bits per heavy atom. The fraction of sp³-hybridized carbons (Fsp3) is 0.222. The van der Waals surface area contributed by atoms with Gasteiger partial charge in [0.05, 0.1) is 35.3 Å². The molecule has 0 heterocycles. The summed E-state index contributed by atoms with van der Waals surface area (Å²) in [6, 6.07) is 9.91. The maximum absolute atomic E-state index is 12.3. The van der Waals surface area contributed by atoms with Crippen LogP contribution in [0, 0.1) is 6.92 Å². The largest absolute Gasteiger partial charge is 0.495 e. The van der Waals surface area contributed by atoms with Crippen LogP contribution in [0.5, 0.6) is 5.75 Å². The zero-order chi connectivity index (χ0) is 20.9. The third-order valence-corrected chi connectivity index (χ3v) is 5.50. The number of hydrogen-bond acceptors (Lipinski definition) is 5. The van der Waals surface area contributed by atoms with Gasteiger partial charge in [0.25, 0.3) is 5.91 Å². The number of methoxy groups -OCH3 is 1. The van der Waals surface area contributed by atoms with Gasteiger partial charge in [0, 0.05) is 0 Å². The van der Waals surface area contributed by atoms with Crippen LogP contribution in [0.3, 0.4) is 0 Å². The molecule has 7 nitrogen and oxygen atoms in total. The molecular weight excluding hydrogens is 425 g/mol. The summed E-state index contributed by atoms with van der Waals surface area (Å²) in [7, 11) is -2.31. The number of amides is 1. The van der Waals surface area contributed by atoms with Crippen molar-refractivity contribution in [1.29, 1.82) is 0 Å². The molecule has 0 saturated carbocycles. The van der Waals surface area contributed by atoms with E-state index in [-0.39, 0.29) is 5.69 Å². The minimum atomic E-state index is -3.74. The van der Waals surface area contributed by atoms with Crippen LogP contribution in [-0.4, -0.2) is 40.4 Å². The minimum Gasteiger partial charge on any atom is -0.495 e. The Hall–Kier alpha value is -2.29. The van der Waals surface area contributed by atoms with Gasteiger partial charge in [-0.3, -0.25) is 9.10 Å². The molecule has 28 heavy (non-hydrogen) atoms. The first-order valence-corrected chi connectivity index (χ1v) is 10.6. The van der Waals surface area contributed by atoms with E-state index in [0.717, 1.165) is 16.1 Å². The van der Waals surface area contributed by atoms with Gasteiger partial charge >= 0.3 is 0 Å². The number of carbonyl (C=O) groups is 1. The van der Waals surface area contributed by atoms with E-state index in [1.807, 2.05) is 6.92 Å². The minimum absolute atomic E-state index is 0.272. The summed E-state index contributed by atoms with van der Waals surface area (Å²) in [4.78, 5) is 12.3. The van der Waals surface area contributed by atoms with Gasteiger partial charge in [-0.1, -0.05) is 35.3 Å². The number of aryl methyl sites for hydroxylation is 1. The Bertz CT molecular complexity index is 1010. The smallest absolute Gasteiger partial charge is 0.260 e. The van der Waals surface area contributed by atoms with Crippen molar-refractivity contribution in [2.45, 2.75) is 6.92 Å². The van der Waals surface area contributed by atoms with Crippen molar-refractivity contribution in [3.63, 3.8) is 0 Å². The Kier molecular flexibility index (Phi) is 7.29. The topological polar surface area (TPSA) is 88.1 Å². The van der Waals surface area contributed by atoms with Crippen LogP contribution in [0.25, 0.3) is 0 Å². The van der Waals surface area contributed by atoms with Gasteiger partial charge in [-0.2, -0.15) is 5.10 Å². The maximum atomic E-state index is 12.3. The van der Waals surface area contributed by atoms with Gasteiger partial charge in [0.2, 0.25) is 10.0 Å². The van der Waals surface area contributed by atoms with Crippen LogP contribution in [0.1, 0.15) is 11.1 Å². The predicted octanol–water partition coefficient (Wildman–Crippen LogP) is 3.23. The number of halogens is 2. The maximum Gasteiger partial charge on any atom is 0.260 e. The van der Waals surface area contributed by atoms with Crippen LogP contribution in [0.4, 0.5) is 5.69 Å². The van der Waals surface area contributed by atoms with E-state index in [4.69, 9.17) is 27.9 Å². The number of carbonyl (C=O) groups excluding carboxylic acids is 1. The number of anilines is 1. The summed E-state index contributed by atoms with van der Waals surface area (Å²) < 4.78 is 30.7. The van der Waals surface area contributed by atoms with Gasteiger partial charge in [0.1, 0.15) is 12.3 Å². The highest BCUT2D eigenvalue weighted by molar-refractivity contribution is 7.92. The molecule has 2 aromatic carbocycles. The third-order valence-electron chi connectivity index (χ3n) is 3.64. The summed E-state index contributed by atoms with van der Waals surface area (Å²) in [6.07, 6.45) is 2.39. The average Bonchev–Trinajstić information content (AvgIpc) is 2.61. The number of rotatable bonds is 7. The fourth-order valence-electron chi connectivity index (χ4n) is 2.31. The van der Waals surface area contributed by atoms with Gasteiger partial charge < -0.3 is 4.74 Å². The van der Waals surface area contributed by atoms with Gasteiger partial charge in [-0.15, -0.1) is 0 Å². The molecular formula is C18H19Cl2N3O4S. The van der Waals surface area contributed by atoms with E-state index in [2.05, 4.69) is 10.5 Å². The SMILES string of the molecule is COc1ccc(C)cc1N(CC(=O)N/N=C\c1ccc(Cl)c(Cl)c1)S(C)(=O)=O. The highest BCUT2D eigenvalue weighted by Crippen LogP contribution is 2.30. The second kappa shape index (κ2) is 9.27. The molecule has 150 valence electrons. The van der Waals surface area contributed by atoms with Crippen LogP contribution in [0.15, 0.2) is 41.5 Å². The summed E-state index contributed by atoms with van der Waals surface area (Å²) in [6.45, 7) is 1.35. The Labute approximate surface area is 173 Å². The van der Waals surface area contributed by atoms with Gasteiger partial charge in [-0.25, -0.2) is 13.8 Å². The normalized spacial score (nSPS) is 11.5. The second-order valence-electron chi connectivity index (χ2n) is 5.91. The molecule has 0 fully saturated rings. The molecule has 0 aliphatic rings. The van der Waals surface area contributed by atoms with Crippen molar-refractivity contribution < 1.29 is 17.9 Å². The van der Waals surface area contributed by atoms with E-state index in [1.54, 1.807) is 36.4 Å². The average molecular weight is 444 g/mol. The molecule has 2 rings (SSSR count). The van der Waals surface area contributed by atoms with Crippen molar-refractivity contribution in [2.24, 2.45) is 5.10 Å². The zero-order valence-electron chi connectivity index (χ0n) is 15.4. The molecule has 0 atom stereocenters. The first kappa shape index (κ1) is 22.0. The van der Waals surface area contributed by atoms with E-state index in [0.29, 0.717) is 21.4 Å². The van der Waals surface area contributed by atoms with Crippen molar-refractivity contribution in [2.75, 3.05) is 24.2 Å². The summed E-state index contributed by atoms with van der Waals surface area (Å²) in [5, 5.41) is 4.58. The van der Waals surface area contributed by atoms with Crippen molar-refractivity contribution in [3.8, 4) is 5.75 Å². The van der Waals surface area contributed by atoms with Crippen LogP contribution in [-0.2, 0) is 14.8 Å². The monoisotopic (exact) mass is 443 g/mol. The lowest BCUT2D eigenvalue weighted by Gasteiger charge is -2.23. The first-order chi connectivity index (χ1) is 13.1. The number of hydrogen-bond donors (Lipinski definition) is 1. The number of benzene rings is 2. The molecule has 1 N–H and O–H groups in total. The molecule has 0 radical (unpaired) electrons. The molecule has 0 spiro atoms. The molecule has 0 aliphatic carbocycles. The van der Waals surface area contributed by atoms with E-state index in [9.17, 15) is 13.2 Å². The highest BCUT2D eigenvalue weighted by atomic mass is 35.5. The number of nitrogens with zero attached hydrogens (tertiary/aromatic N) is 2. The van der Waals surface area contributed by atoms with Crippen molar-refractivity contribution >= 4 is 51.0 Å². The van der Waals surface area contributed by atoms with Crippen LogP contribution < -0.4 is 14.5 Å². The number of ether oxygens (including phenoxy) is 1. The van der Waals surface area contributed by atoms with Crippen LogP contribution in [0.2, 0.25) is 10.0 Å². The molecule has 0 bridgehead atoms. The lowest BCUT2D eigenvalue weighted by atomic mass is 10.2. The molecule has 0 aliphatic heterocycles. The molecule has 0 saturated heterocycles. The lowest BCUT2D eigenvalue weighted by molar-refractivity contribution is -0.119. The second-order valence-corrected chi connectivity index (χ2v) is 8.63. The standard InChI is InChI=1S/C18H19Cl2N3O4S/c1-12-4-7-17(27-2)16(8-12)23(28(3,25)26)11-18(24)22-21-10-13-5-6-14(19)15(20)9-13/h4-10H,11H2,1-3H3,(H,22,24)/b21-10-. The Morgan fingerprint density at radius 1 is 1.21 bits per heavy atom. The lowest BCUT2D eigenvalue weighted by Crippen LogP contribution is -2.39. The number of hydrazone groups is 1. The summed E-state index contributed by atoms with van der Waals surface area (Å²) >= 11 is 11.8. The van der Waals surface area contributed by atoms with Gasteiger partial charge in [-0.05, 0) is 42.3 Å². The zero-order valence-corrected chi connectivity index (χ0v) is 17.8. The van der Waals surface area contributed by atoms with E-state index >= 15 is 0 Å². The molecule has 0 unspecified atom stereocenters. The summed E-state index contributed by atoms with van der Waals surface area (Å²) in [5.74, 6) is -0.284. The Morgan fingerprint density at radius 2 is 1.93 bits per heavy atom. The fourth-order valence-corrected chi connectivity index (χ4v) is 3.47. The Balaban J connectivity index is 2.17. The van der Waals surface area contributed by atoms with Crippen molar-refractivity contribution in [3.05, 3.63) is 57.6 Å². The van der Waals surface area contributed by atoms with Crippen molar-refractivity contribution in [1.82, 2.24) is 5.43 Å². The number of nitrogens with one attached hydrogen (secondary N) is 1. The third kappa shape index (κ3) is 5.85. The molecule has 0 aromatic heterocycles. The molecule has 2 aromatic rings. The number of sulfonamides is 1. The first-order valence-electron chi connectivity index (χ1n) is 8.01. The molecule has 1 amide bonds. The predicted molar refractivity (Wildman–Crippen MR) is 112 cm³/mol. The summed E-state index contributed by atoms with van der Waals surface area (Å²) in [5.41, 5.74) is 4.01. The van der Waals surface area contributed by atoms with Crippen LogP contribution >= 0.6 is 23.2 Å². The highest BCUT2D eigenvalue weighted by Gasteiger charge is 2.24. The van der Waals surface area contributed by atoms with E-state index in [1.165, 1.54) is 13.3 Å². The molecule has 10 heteroatoms.